The quantitative estimate of drug-likeness (QED) is 0.819. The highest BCUT2D eigenvalue weighted by atomic mass is 16.2. The number of nitrogens with one attached hydrogen (secondary N) is 2. The fraction of sp³-hybridized carbons (Fsp3) is 0.529. The van der Waals surface area contributed by atoms with Gasteiger partial charge in [-0.2, -0.15) is 0 Å². The SMILES string of the molecule is Cc1ccc(C)c(NC(=O)C2(C(=O)NCC(C)C)CC2)c1. The molecule has 0 spiro atoms. The molecule has 0 aromatic heterocycles. The molecule has 1 aromatic rings. The van der Waals surface area contributed by atoms with Crippen molar-refractivity contribution in [1.29, 1.82) is 0 Å². The van der Waals surface area contributed by atoms with E-state index >= 15 is 0 Å². The first-order valence-corrected chi connectivity index (χ1v) is 7.52. The first-order valence-electron chi connectivity index (χ1n) is 7.52. The van der Waals surface area contributed by atoms with E-state index in [1.54, 1.807) is 0 Å². The predicted octanol–water partition coefficient (Wildman–Crippen LogP) is 2.79. The van der Waals surface area contributed by atoms with Gasteiger partial charge in [0.2, 0.25) is 11.8 Å². The lowest BCUT2D eigenvalue weighted by Gasteiger charge is -2.17. The van der Waals surface area contributed by atoms with Crippen LogP contribution >= 0.6 is 0 Å². The van der Waals surface area contributed by atoms with Crippen molar-refractivity contribution in [2.24, 2.45) is 11.3 Å². The van der Waals surface area contributed by atoms with Crippen molar-refractivity contribution in [3.05, 3.63) is 29.3 Å². The lowest BCUT2D eigenvalue weighted by molar-refractivity contribution is -0.134. The van der Waals surface area contributed by atoms with Crippen LogP contribution in [0.25, 0.3) is 0 Å². The topological polar surface area (TPSA) is 58.2 Å². The molecule has 2 rings (SSSR count). The molecule has 114 valence electrons. The minimum absolute atomic E-state index is 0.140. The second kappa shape index (κ2) is 5.88. The van der Waals surface area contributed by atoms with Gasteiger partial charge in [-0.15, -0.1) is 0 Å². The van der Waals surface area contributed by atoms with Crippen molar-refractivity contribution >= 4 is 17.5 Å². The summed E-state index contributed by atoms with van der Waals surface area (Å²) >= 11 is 0. The van der Waals surface area contributed by atoms with Gasteiger partial charge in [0, 0.05) is 12.2 Å². The monoisotopic (exact) mass is 288 g/mol. The Morgan fingerprint density at radius 3 is 2.43 bits per heavy atom. The predicted molar refractivity (Wildman–Crippen MR) is 84.1 cm³/mol. The maximum Gasteiger partial charge on any atom is 0.240 e. The van der Waals surface area contributed by atoms with E-state index in [1.807, 2.05) is 45.9 Å². The standard InChI is InChI=1S/C17H24N2O2/c1-11(2)10-18-15(20)17(7-8-17)16(21)19-14-9-12(3)5-6-13(14)4/h5-6,9,11H,7-8,10H2,1-4H3,(H,18,20)(H,19,21). The summed E-state index contributed by atoms with van der Waals surface area (Å²) in [6, 6.07) is 5.92. The van der Waals surface area contributed by atoms with Gasteiger partial charge in [0.05, 0.1) is 0 Å². The Hall–Kier alpha value is -1.84. The largest absolute Gasteiger partial charge is 0.355 e. The summed E-state index contributed by atoms with van der Waals surface area (Å²) < 4.78 is 0. The number of rotatable bonds is 5. The Morgan fingerprint density at radius 1 is 1.19 bits per heavy atom. The number of benzene rings is 1. The molecule has 2 N–H and O–H groups in total. The molecule has 1 fully saturated rings. The Bertz CT molecular complexity index is 560. The molecule has 1 aliphatic carbocycles. The van der Waals surface area contributed by atoms with Crippen LogP contribution in [0, 0.1) is 25.2 Å². The number of hydrogen-bond donors (Lipinski definition) is 2. The van der Waals surface area contributed by atoms with E-state index in [-0.39, 0.29) is 11.8 Å². The zero-order valence-electron chi connectivity index (χ0n) is 13.2. The first kappa shape index (κ1) is 15.5. The molecule has 21 heavy (non-hydrogen) atoms. The summed E-state index contributed by atoms with van der Waals surface area (Å²) in [5.41, 5.74) is 2.03. The van der Waals surface area contributed by atoms with Gasteiger partial charge in [-0.25, -0.2) is 0 Å². The summed E-state index contributed by atoms with van der Waals surface area (Å²) in [6.07, 6.45) is 1.27. The molecule has 4 nitrogen and oxygen atoms in total. The number of carbonyl (C=O) groups excluding carboxylic acids is 2. The molecule has 0 aliphatic heterocycles. The third kappa shape index (κ3) is 3.43. The van der Waals surface area contributed by atoms with E-state index < -0.39 is 5.41 Å². The molecule has 0 unspecified atom stereocenters. The van der Waals surface area contributed by atoms with Crippen LogP contribution in [0.1, 0.15) is 37.8 Å². The van der Waals surface area contributed by atoms with Crippen molar-refractivity contribution in [2.45, 2.75) is 40.5 Å². The Labute approximate surface area is 126 Å². The number of carbonyl (C=O) groups is 2. The maximum atomic E-state index is 12.5. The highest BCUT2D eigenvalue weighted by molar-refractivity contribution is 6.13. The summed E-state index contributed by atoms with van der Waals surface area (Å²) in [6.45, 7) is 8.62. The number of aryl methyl sites for hydroxylation is 2. The minimum Gasteiger partial charge on any atom is -0.355 e. The van der Waals surface area contributed by atoms with Gasteiger partial charge in [0.1, 0.15) is 5.41 Å². The minimum atomic E-state index is -0.856. The smallest absolute Gasteiger partial charge is 0.240 e. The van der Waals surface area contributed by atoms with Crippen LogP contribution < -0.4 is 10.6 Å². The van der Waals surface area contributed by atoms with Gasteiger partial charge < -0.3 is 10.6 Å². The Morgan fingerprint density at radius 2 is 1.86 bits per heavy atom. The summed E-state index contributed by atoms with van der Waals surface area (Å²) in [4.78, 5) is 24.7. The van der Waals surface area contributed by atoms with Gasteiger partial charge in [-0.1, -0.05) is 26.0 Å². The van der Waals surface area contributed by atoms with Gasteiger partial charge in [0.15, 0.2) is 0 Å². The van der Waals surface area contributed by atoms with Crippen LogP contribution in [-0.2, 0) is 9.59 Å². The van der Waals surface area contributed by atoms with Crippen molar-refractivity contribution in [2.75, 3.05) is 11.9 Å². The fourth-order valence-electron chi connectivity index (χ4n) is 2.26. The maximum absolute atomic E-state index is 12.5. The highest BCUT2D eigenvalue weighted by Gasteiger charge is 2.56. The van der Waals surface area contributed by atoms with Crippen molar-refractivity contribution < 1.29 is 9.59 Å². The molecule has 4 heteroatoms. The summed E-state index contributed by atoms with van der Waals surface area (Å²) in [5, 5.41) is 5.80. The average molecular weight is 288 g/mol. The number of anilines is 1. The molecule has 0 atom stereocenters. The van der Waals surface area contributed by atoms with Gasteiger partial charge in [-0.05, 0) is 49.8 Å². The van der Waals surface area contributed by atoms with Crippen LogP contribution in [0.5, 0.6) is 0 Å². The molecule has 1 saturated carbocycles. The average Bonchev–Trinajstić information content (AvgIpc) is 3.21. The molecule has 2 amide bonds. The fourth-order valence-corrected chi connectivity index (χ4v) is 2.26. The lowest BCUT2D eigenvalue weighted by Crippen LogP contribution is -2.41. The molecular weight excluding hydrogens is 264 g/mol. The van der Waals surface area contributed by atoms with Crippen molar-refractivity contribution in [3.63, 3.8) is 0 Å². The Balaban J connectivity index is 2.06. The molecule has 0 heterocycles. The summed E-state index contributed by atoms with van der Waals surface area (Å²) in [7, 11) is 0. The first-order chi connectivity index (χ1) is 9.85. The van der Waals surface area contributed by atoms with Crippen molar-refractivity contribution in [1.82, 2.24) is 5.32 Å². The summed E-state index contributed by atoms with van der Waals surface area (Å²) in [5.74, 6) is 0.0586. The molecule has 0 bridgehead atoms. The number of amides is 2. The van der Waals surface area contributed by atoms with Crippen LogP contribution in [-0.4, -0.2) is 18.4 Å². The number of hydrogen-bond acceptors (Lipinski definition) is 2. The third-order valence-corrected chi connectivity index (χ3v) is 3.93. The van der Waals surface area contributed by atoms with E-state index in [0.717, 1.165) is 16.8 Å². The van der Waals surface area contributed by atoms with Crippen LogP contribution in [0.4, 0.5) is 5.69 Å². The Kier molecular flexibility index (Phi) is 4.35. The third-order valence-electron chi connectivity index (χ3n) is 3.93. The normalized spacial score (nSPS) is 15.7. The zero-order valence-corrected chi connectivity index (χ0v) is 13.2. The van der Waals surface area contributed by atoms with E-state index in [2.05, 4.69) is 10.6 Å². The van der Waals surface area contributed by atoms with Gasteiger partial charge >= 0.3 is 0 Å². The molecular formula is C17H24N2O2. The lowest BCUT2D eigenvalue weighted by atomic mass is 10.0. The van der Waals surface area contributed by atoms with E-state index in [1.165, 1.54) is 0 Å². The molecule has 0 saturated heterocycles. The van der Waals surface area contributed by atoms with Crippen LogP contribution in [0.15, 0.2) is 18.2 Å². The van der Waals surface area contributed by atoms with E-state index in [0.29, 0.717) is 25.3 Å². The second-order valence-corrected chi connectivity index (χ2v) is 6.46. The van der Waals surface area contributed by atoms with Gasteiger partial charge in [0.25, 0.3) is 0 Å². The van der Waals surface area contributed by atoms with Crippen LogP contribution in [0.2, 0.25) is 0 Å². The molecule has 0 radical (unpaired) electrons. The van der Waals surface area contributed by atoms with E-state index in [4.69, 9.17) is 0 Å². The molecule has 1 aromatic carbocycles. The zero-order chi connectivity index (χ0) is 15.6. The van der Waals surface area contributed by atoms with Crippen LogP contribution in [0.3, 0.4) is 0 Å². The van der Waals surface area contributed by atoms with Gasteiger partial charge in [-0.3, -0.25) is 9.59 Å². The van der Waals surface area contributed by atoms with E-state index in [9.17, 15) is 9.59 Å². The highest BCUT2D eigenvalue weighted by Crippen LogP contribution is 2.47. The second-order valence-electron chi connectivity index (χ2n) is 6.46. The van der Waals surface area contributed by atoms with Crippen molar-refractivity contribution in [3.8, 4) is 0 Å². The molecule has 1 aliphatic rings.